The van der Waals surface area contributed by atoms with Crippen molar-refractivity contribution in [3.05, 3.63) is 36.4 Å². The number of sulfonamides is 1. The number of allylic oxidation sites excluding steroid dienone is 1. The van der Waals surface area contributed by atoms with Gasteiger partial charge in [0.25, 0.3) is 11.8 Å². The van der Waals surface area contributed by atoms with Crippen LogP contribution in [-0.2, 0) is 24.4 Å². The first-order valence-electron chi connectivity index (χ1n) is 20.9. The number of hydrogen-bond acceptors (Lipinski definition) is 10. The Morgan fingerprint density at radius 2 is 1.80 bits per heavy atom. The minimum Gasteiger partial charge on any atom is -0.497 e. The summed E-state index contributed by atoms with van der Waals surface area (Å²) in [5.41, 5.74) is -4.07. The van der Waals surface area contributed by atoms with Crippen LogP contribution in [0.15, 0.2) is 36.4 Å². The zero-order valence-electron chi connectivity index (χ0n) is 36.3. The summed E-state index contributed by atoms with van der Waals surface area (Å²) in [6, 6.07) is 3.83. The van der Waals surface area contributed by atoms with Gasteiger partial charge in [0.05, 0.1) is 24.5 Å². The molecule has 61 heavy (non-hydrogen) atoms. The molecule has 3 N–H and O–H groups in total. The highest BCUT2D eigenvalue weighted by molar-refractivity contribution is 7.91. The van der Waals surface area contributed by atoms with Crippen molar-refractivity contribution in [1.82, 2.24) is 24.8 Å². The number of benzene rings is 1. The molecule has 1 saturated heterocycles. The number of alkyl halides is 2. The van der Waals surface area contributed by atoms with Gasteiger partial charge in [-0.1, -0.05) is 26.0 Å². The Balaban J connectivity index is 1.44. The smallest absolute Gasteiger partial charge is 0.408 e. The molecule has 7 atom stereocenters. The van der Waals surface area contributed by atoms with E-state index in [-0.39, 0.29) is 49.6 Å². The van der Waals surface area contributed by atoms with Crippen molar-refractivity contribution in [2.75, 3.05) is 13.7 Å². The van der Waals surface area contributed by atoms with E-state index in [1.54, 1.807) is 37.3 Å². The Kier molecular flexibility index (Phi) is 12.4. The SMILES string of the molecule is COc1ccc2c(O[C@@H]3C[C@H]4C(=O)N[C@]5(C(=O)NS(=O)(=O)C6(C)CC6)C[C@H]5C=CCC[C@@H](C)C[C@@H](C)[C@H](N(C(=O)O)C(C)(C)C(C)(F)F)C(=O)N4C3)nc(OC(C)C)cc2c1. The standard InChI is InChI=1S/C43H59F2N5O10S/c1-24(2)59-33-20-27-19-29(58-9)14-15-31(27)36(46-33)60-30-21-32-35(51)47-43(38(53)48-61(56,57)41(7)16-17-41)22-28(43)13-11-10-12-25(3)18-26(4)34(37(52)49(32)23-30)50(39(54)55)40(5,6)42(8,44)45/h11,13-15,19-20,24-26,28,30,32,34H,10,12,16-18,21-23H2,1-9H3,(H,47,51)(H,48,53)(H,54,55)/t25-,26-,28-,30-,32+,34+,43-/m1/s1. The molecule has 1 aromatic heterocycles. The van der Waals surface area contributed by atoms with Gasteiger partial charge in [0.1, 0.15) is 35.0 Å². The van der Waals surface area contributed by atoms with Crippen molar-refractivity contribution < 1.29 is 55.7 Å². The Hall–Kier alpha value is -4.74. The van der Waals surface area contributed by atoms with Crippen molar-refractivity contribution in [2.24, 2.45) is 17.8 Å². The maximum absolute atomic E-state index is 15.4. The summed E-state index contributed by atoms with van der Waals surface area (Å²) in [5, 5.41) is 14.7. The zero-order valence-corrected chi connectivity index (χ0v) is 37.1. The number of halogens is 2. The van der Waals surface area contributed by atoms with E-state index in [2.05, 4.69) is 15.0 Å². The van der Waals surface area contributed by atoms with Crippen LogP contribution < -0.4 is 24.2 Å². The van der Waals surface area contributed by atoms with Gasteiger partial charge in [-0.05, 0) is 109 Å². The second-order valence-corrected chi connectivity index (χ2v) is 20.7. The number of rotatable bonds is 11. The lowest BCUT2D eigenvalue weighted by Gasteiger charge is -2.47. The fourth-order valence-electron chi connectivity index (χ4n) is 8.52. The molecule has 0 bridgehead atoms. The molecule has 2 saturated carbocycles. The zero-order chi connectivity index (χ0) is 45.0. The molecule has 2 aliphatic carbocycles. The Labute approximate surface area is 356 Å². The second kappa shape index (κ2) is 16.5. The molecule has 0 spiro atoms. The minimum atomic E-state index is -4.10. The molecule has 15 nitrogen and oxygen atoms in total. The molecule has 0 unspecified atom stereocenters. The van der Waals surface area contributed by atoms with Gasteiger partial charge >= 0.3 is 6.09 Å². The van der Waals surface area contributed by atoms with Crippen LogP contribution in [0, 0.1) is 17.8 Å². The van der Waals surface area contributed by atoms with E-state index in [0.717, 1.165) is 18.7 Å². The predicted molar refractivity (Wildman–Crippen MR) is 222 cm³/mol. The van der Waals surface area contributed by atoms with Crippen LogP contribution in [-0.4, -0.2) is 112 Å². The number of fused-ring (bicyclic) bond motifs is 3. The highest BCUT2D eigenvalue weighted by Gasteiger charge is 2.63. The first-order valence-corrected chi connectivity index (χ1v) is 22.4. The number of carboxylic acid groups (broad SMARTS) is 1. The van der Waals surface area contributed by atoms with Gasteiger partial charge in [-0.25, -0.2) is 22.0 Å². The van der Waals surface area contributed by atoms with Crippen molar-refractivity contribution in [1.29, 1.82) is 0 Å². The summed E-state index contributed by atoms with van der Waals surface area (Å²) in [7, 11) is -2.58. The van der Waals surface area contributed by atoms with Gasteiger partial charge in [-0.2, -0.15) is 4.98 Å². The van der Waals surface area contributed by atoms with Crippen molar-refractivity contribution in [3.8, 4) is 17.5 Å². The van der Waals surface area contributed by atoms with Crippen molar-refractivity contribution >= 4 is 44.6 Å². The number of hydrogen-bond donors (Lipinski definition) is 3. The maximum atomic E-state index is 15.4. The molecule has 2 aromatic rings. The van der Waals surface area contributed by atoms with Gasteiger partial charge in [-0.3, -0.25) is 24.0 Å². The van der Waals surface area contributed by atoms with E-state index < -0.39 is 85.6 Å². The van der Waals surface area contributed by atoms with Crippen molar-refractivity contribution in [3.63, 3.8) is 0 Å². The normalized spacial score (nSPS) is 28.2. The Morgan fingerprint density at radius 1 is 1.11 bits per heavy atom. The fourth-order valence-corrected chi connectivity index (χ4v) is 9.83. The van der Waals surface area contributed by atoms with Gasteiger partial charge in [0.15, 0.2) is 0 Å². The Bertz CT molecular complexity index is 2190. The van der Waals surface area contributed by atoms with Crippen LogP contribution in [0.2, 0.25) is 0 Å². The molecule has 3 fully saturated rings. The first-order chi connectivity index (χ1) is 28.3. The topological polar surface area (TPSA) is 194 Å². The first kappa shape index (κ1) is 45.8. The number of pyridine rings is 1. The third kappa shape index (κ3) is 9.10. The van der Waals surface area contributed by atoms with E-state index in [9.17, 15) is 27.9 Å². The molecule has 0 radical (unpaired) electrons. The lowest BCUT2D eigenvalue weighted by atomic mass is 9.84. The summed E-state index contributed by atoms with van der Waals surface area (Å²) < 4.78 is 76.4. The van der Waals surface area contributed by atoms with Gasteiger partial charge in [0.2, 0.25) is 33.6 Å². The number of carbonyl (C=O) groups is 4. The fraction of sp³-hybridized carbons (Fsp3) is 0.651. The van der Waals surface area contributed by atoms with Crippen LogP contribution in [0.3, 0.4) is 0 Å². The predicted octanol–water partition coefficient (Wildman–Crippen LogP) is 6.05. The van der Waals surface area contributed by atoms with Crippen LogP contribution in [0.25, 0.3) is 10.8 Å². The highest BCUT2D eigenvalue weighted by Crippen LogP contribution is 2.48. The number of nitrogens with zero attached hydrogens (tertiary/aromatic N) is 3. The molecule has 1 aromatic carbocycles. The molecule has 18 heteroatoms. The minimum absolute atomic E-state index is 0.0810. The molecular weight excluding hydrogens is 817 g/mol. The summed E-state index contributed by atoms with van der Waals surface area (Å²) in [6.45, 7) is 11.2. The van der Waals surface area contributed by atoms with Gasteiger partial charge < -0.3 is 29.5 Å². The van der Waals surface area contributed by atoms with E-state index >= 15 is 13.6 Å². The number of amides is 4. The summed E-state index contributed by atoms with van der Waals surface area (Å²) >= 11 is 0. The molecule has 2 aliphatic heterocycles. The molecular formula is C43H59F2N5O10S. The largest absolute Gasteiger partial charge is 0.497 e. The monoisotopic (exact) mass is 875 g/mol. The lowest BCUT2D eigenvalue weighted by Crippen LogP contribution is -2.66. The summed E-state index contributed by atoms with van der Waals surface area (Å²) in [6.07, 6.45) is 2.67. The summed E-state index contributed by atoms with van der Waals surface area (Å²) in [5.74, 6) is -6.83. The number of nitrogens with one attached hydrogen (secondary N) is 2. The van der Waals surface area contributed by atoms with Crippen LogP contribution >= 0.6 is 0 Å². The van der Waals surface area contributed by atoms with E-state index in [4.69, 9.17) is 14.2 Å². The number of ether oxygens (including phenoxy) is 3. The maximum Gasteiger partial charge on any atom is 0.408 e. The van der Waals surface area contributed by atoms with Gasteiger partial charge in [0, 0.05) is 30.7 Å². The second-order valence-electron chi connectivity index (χ2n) is 18.5. The third-order valence-corrected chi connectivity index (χ3v) is 15.1. The molecule has 4 amide bonds. The average Bonchev–Trinajstić information content (AvgIpc) is 4.03. The van der Waals surface area contributed by atoms with E-state index in [1.807, 2.05) is 26.8 Å². The highest BCUT2D eigenvalue weighted by atomic mass is 32.2. The Morgan fingerprint density at radius 3 is 2.41 bits per heavy atom. The van der Waals surface area contributed by atoms with Crippen molar-refractivity contribution in [2.45, 2.75) is 146 Å². The average molecular weight is 876 g/mol. The molecule has 336 valence electrons. The van der Waals surface area contributed by atoms with Crippen LogP contribution in [0.1, 0.15) is 100 Å². The third-order valence-electron chi connectivity index (χ3n) is 13.0. The molecule has 3 heterocycles. The summed E-state index contributed by atoms with van der Waals surface area (Å²) in [4.78, 5) is 63.5. The molecule has 4 aliphatic rings. The molecule has 6 rings (SSSR count). The quantitative estimate of drug-likeness (QED) is 0.223. The number of carbonyl (C=O) groups excluding carboxylic acids is 3. The lowest BCUT2D eigenvalue weighted by molar-refractivity contribution is -0.156. The number of methoxy groups -OCH3 is 1. The van der Waals surface area contributed by atoms with Gasteiger partial charge in [-0.15, -0.1) is 0 Å². The number of aromatic nitrogens is 1. The van der Waals surface area contributed by atoms with Crippen LogP contribution in [0.4, 0.5) is 13.6 Å². The van der Waals surface area contributed by atoms with Crippen LogP contribution in [0.5, 0.6) is 17.5 Å². The van der Waals surface area contributed by atoms with E-state index in [0.29, 0.717) is 54.0 Å². The van der Waals surface area contributed by atoms with E-state index in [1.165, 1.54) is 14.0 Å².